The first kappa shape index (κ1) is 9.76. The van der Waals surface area contributed by atoms with Gasteiger partial charge in [0.15, 0.2) is 0 Å². The summed E-state index contributed by atoms with van der Waals surface area (Å²) in [6.07, 6.45) is 0.342. The number of ether oxygens (including phenoxy) is 1. The van der Waals surface area contributed by atoms with Gasteiger partial charge < -0.3 is 4.74 Å². The largest absolute Gasteiger partial charge is 0.373 e. The third kappa shape index (κ3) is 2.89. The van der Waals surface area contributed by atoms with E-state index >= 15 is 0 Å². The van der Waals surface area contributed by atoms with E-state index in [2.05, 4.69) is 6.07 Å². The Balaban J connectivity index is 2.71. The lowest BCUT2D eigenvalue weighted by Crippen LogP contribution is -2.02. The molecule has 68 valence electrons. The van der Waals surface area contributed by atoms with E-state index in [-0.39, 0.29) is 6.10 Å². The highest BCUT2D eigenvalue weighted by Crippen LogP contribution is 2.19. The fourth-order valence-corrected chi connectivity index (χ4v) is 1.22. The number of hydrogen-bond donors (Lipinski definition) is 0. The average molecular weight is 175 g/mol. The molecule has 0 aliphatic heterocycles. The summed E-state index contributed by atoms with van der Waals surface area (Å²) in [6, 6.07) is 12.0. The van der Waals surface area contributed by atoms with E-state index in [0.717, 1.165) is 5.56 Å². The first-order chi connectivity index (χ1) is 6.38. The van der Waals surface area contributed by atoms with Crippen molar-refractivity contribution < 1.29 is 4.74 Å². The van der Waals surface area contributed by atoms with E-state index in [9.17, 15) is 0 Å². The molecular weight excluding hydrogens is 162 g/mol. The fourth-order valence-electron chi connectivity index (χ4n) is 1.22. The summed E-state index contributed by atoms with van der Waals surface area (Å²) in [5, 5.41) is 8.59. The summed E-state index contributed by atoms with van der Waals surface area (Å²) in [7, 11) is 0. The SMILES string of the molecule is CCOC(CC#N)c1ccccc1. The lowest BCUT2D eigenvalue weighted by molar-refractivity contribution is 0.0660. The molecule has 1 aromatic carbocycles. The number of hydrogen-bond acceptors (Lipinski definition) is 2. The zero-order valence-corrected chi connectivity index (χ0v) is 7.73. The molecule has 0 aliphatic carbocycles. The minimum absolute atomic E-state index is 0.0730. The molecule has 0 aliphatic rings. The van der Waals surface area contributed by atoms with E-state index in [1.807, 2.05) is 37.3 Å². The Morgan fingerprint density at radius 3 is 2.62 bits per heavy atom. The van der Waals surface area contributed by atoms with Crippen LogP contribution in [0.5, 0.6) is 0 Å². The van der Waals surface area contributed by atoms with Gasteiger partial charge in [-0.15, -0.1) is 0 Å². The first-order valence-electron chi connectivity index (χ1n) is 4.42. The minimum Gasteiger partial charge on any atom is -0.373 e. The Morgan fingerprint density at radius 1 is 1.38 bits per heavy atom. The zero-order chi connectivity index (χ0) is 9.52. The van der Waals surface area contributed by atoms with Crippen LogP contribution < -0.4 is 0 Å². The maximum absolute atomic E-state index is 8.59. The third-order valence-corrected chi connectivity index (χ3v) is 1.82. The molecule has 1 atom stereocenters. The number of benzene rings is 1. The summed E-state index contributed by atoms with van der Waals surface area (Å²) in [4.78, 5) is 0. The van der Waals surface area contributed by atoms with E-state index in [1.54, 1.807) is 0 Å². The molecule has 1 aromatic rings. The van der Waals surface area contributed by atoms with Crippen molar-refractivity contribution in [1.82, 2.24) is 0 Å². The predicted octanol–water partition coefficient (Wildman–Crippen LogP) is 2.68. The molecule has 2 nitrogen and oxygen atoms in total. The van der Waals surface area contributed by atoms with Gasteiger partial charge in [0.2, 0.25) is 0 Å². The zero-order valence-electron chi connectivity index (χ0n) is 7.73. The van der Waals surface area contributed by atoms with Crippen LogP contribution in [0.15, 0.2) is 30.3 Å². The van der Waals surface area contributed by atoms with Crippen LogP contribution >= 0.6 is 0 Å². The van der Waals surface area contributed by atoms with Crippen LogP contribution in [0, 0.1) is 11.3 Å². The van der Waals surface area contributed by atoms with Crippen molar-refractivity contribution >= 4 is 0 Å². The Hall–Kier alpha value is -1.33. The van der Waals surface area contributed by atoms with Crippen molar-refractivity contribution in [2.24, 2.45) is 0 Å². The van der Waals surface area contributed by atoms with Gasteiger partial charge in [-0.05, 0) is 12.5 Å². The quantitative estimate of drug-likeness (QED) is 0.704. The van der Waals surface area contributed by atoms with Crippen molar-refractivity contribution in [3.05, 3.63) is 35.9 Å². The molecule has 0 amide bonds. The molecular formula is C11H13NO. The van der Waals surface area contributed by atoms with Crippen LogP contribution in [-0.4, -0.2) is 6.61 Å². The van der Waals surface area contributed by atoms with Gasteiger partial charge in [0.1, 0.15) is 0 Å². The van der Waals surface area contributed by atoms with E-state index in [0.29, 0.717) is 13.0 Å². The maximum atomic E-state index is 8.59. The highest BCUT2D eigenvalue weighted by atomic mass is 16.5. The van der Waals surface area contributed by atoms with Gasteiger partial charge in [-0.1, -0.05) is 30.3 Å². The van der Waals surface area contributed by atoms with Crippen LogP contribution in [0.2, 0.25) is 0 Å². The van der Waals surface area contributed by atoms with Crippen molar-refractivity contribution in [1.29, 1.82) is 5.26 Å². The molecule has 0 saturated carbocycles. The number of nitrogens with zero attached hydrogens (tertiary/aromatic N) is 1. The molecule has 2 heteroatoms. The Bertz CT molecular complexity index is 276. The maximum Gasteiger partial charge on any atom is 0.0954 e. The molecule has 0 spiro atoms. The molecule has 1 unspecified atom stereocenters. The van der Waals surface area contributed by atoms with Gasteiger partial charge >= 0.3 is 0 Å². The topological polar surface area (TPSA) is 33.0 Å². The van der Waals surface area contributed by atoms with Crippen LogP contribution in [-0.2, 0) is 4.74 Å². The molecule has 1 rings (SSSR count). The van der Waals surface area contributed by atoms with Gasteiger partial charge in [0.05, 0.1) is 18.6 Å². The monoisotopic (exact) mass is 175 g/mol. The van der Waals surface area contributed by atoms with Crippen molar-refractivity contribution in [2.45, 2.75) is 19.4 Å². The molecule has 0 aromatic heterocycles. The number of nitriles is 1. The van der Waals surface area contributed by atoms with E-state index < -0.39 is 0 Å². The molecule has 0 N–H and O–H groups in total. The minimum atomic E-state index is -0.0730. The predicted molar refractivity (Wildman–Crippen MR) is 51.0 cm³/mol. The molecule has 0 heterocycles. The van der Waals surface area contributed by atoms with Gasteiger partial charge in [-0.25, -0.2) is 0 Å². The van der Waals surface area contributed by atoms with E-state index in [1.165, 1.54) is 0 Å². The lowest BCUT2D eigenvalue weighted by atomic mass is 10.1. The van der Waals surface area contributed by atoms with Crippen molar-refractivity contribution in [3.8, 4) is 6.07 Å². The summed E-state index contributed by atoms with van der Waals surface area (Å²) in [5.41, 5.74) is 1.07. The summed E-state index contributed by atoms with van der Waals surface area (Å²) in [5.74, 6) is 0. The Morgan fingerprint density at radius 2 is 2.08 bits per heavy atom. The van der Waals surface area contributed by atoms with Crippen LogP contribution in [0.4, 0.5) is 0 Å². The van der Waals surface area contributed by atoms with Crippen LogP contribution in [0.25, 0.3) is 0 Å². The van der Waals surface area contributed by atoms with Gasteiger partial charge in [0.25, 0.3) is 0 Å². The standard InChI is InChI=1S/C11H13NO/c1-2-13-11(8-9-12)10-6-4-3-5-7-10/h3-7,11H,2,8H2,1H3. The van der Waals surface area contributed by atoms with Gasteiger partial charge in [-0.2, -0.15) is 5.26 Å². The number of rotatable bonds is 4. The molecule has 0 bridgehead atoms. The average Bonchev–Trinajstić information content (AvgIpc) is 2.19. The first-order valence-corrected chi connectivity index (χ1v) is 4.42. The lowest BCUT2D eigenvalue weighted by Gasteiger charge is -2.13. The van der Waals surface area contributed by atoms with Gasteiger partial charge in [0, 0.05) is 6.61 Å². The summed E-state index contributed by atoms with van der Waals surface area (Å²) in [6.45, 7) is 2.58. The second-order valence-electron chi connectivity index (χ2n) is 2.72. The Labute approximate surface area is 78.8 Å². The highest BCUT2D eigenvalue weighted by molar-refractivity contribution is 5.18. The molecule has 0 saturated heterocycles. The van der Waals surface area contributed by atoms with Crippen LogP contribution in [0.1, 0.15) is 25.0 Å². The molecule has 0 radical (unpaired) electrons. The Kier molecular flexibility index (Phi) is 4.01. The fraction of sp³-hybridized carbons (Fsp3) is 0.364. The smallest absolute Gasteiger partial charge is 0.0954 e. The summed E-state index contributed by atoms with van der Waals surface area (Å²) >= 11 is 0. The summed E-state index contributed by atoms with van der Waals surface area (Å²) < 4.78 is 5.45. The third-order valence-electron chi connectivity index (χ3n) is 1.82. The van der Waals surface area contributed by atoms with Crippen LogP contribution in [0.3, 0.4) is 0 Å². The van der Waals surface area contributed by atoms with Gasteiger partial charge in [-0.3, -0.25) is 0 Å². The normalized spacial score (nSPS) is 12.0. The highest BCUT2D eigenvalue weighted by Gasteiger charge is 2.09. The second kappa shape index (κ2) is 5.34. The van der Waals surface area contributed by atoms with E-state index in [4.69, 9.17) is 10.00 Å². The molecule has 13 heavy (non-hydrogen) atoms. The second-order valence-corrected chi connectivity index (χ2v) is 2.72. The van der Waals surface area contributed by atoms with Crippen molar-refractivity contribution in [2.75, 3.05) is 6.61 Å². The molecule has 0 fully saturated rings. The van der Waals surface area contributed by atoms with Crippen molar-refractivity contribution in [3.63, 3.8) is 0 Å².